The van der Waals surface area contributed by atoms with E-state index in [2.05, 4.69) is 4.72 Å². The number of hydrogen-bond donors (Lipinski definition) is 3. The molecule has 0 aliphatic carbocycles. The molecule has 3 aromatic rings. The number of sulfonamides is 1. The predicted molar refractivity (Wildman–Crippen MR) is 126 cm³/mol. The molecule has 0 amide bonds. The Bertz CT molecular complexity index is 1150. The summed E-state index contributed by atoms with van der Waals surface area (Å²) in [6, 6.07) is 21.8. The van der Waals surface area contributed by atoms with Crippen molar-refractivity contribution >= 4 is 33.3 Å². The summed E-state index contributed by atoms with van der Waals surface area (Å²) in [5.74, 6) is 0.826. The molecule has 0 fully saturated rings. The van der Waals surface area contributed by atoms with E-state index < -0.39 is 10.0 Å². The molecule has 0 saturated heterocycles. The van der Waals surface area contributed by atoms with Gasteiger partial charge in [0.2, 0.25) is 0 Å². The number of anilines is 1. The number of amidine groups is 1. The lowest BCUT2D eigenvalue weighted by Crippen LogP contribution is -2.15. The fourth-order valence-corrected chi connectivity index (χ4v) is 5.43. The van der Waals surface area contributed by atoms with E-state index in [-0.39, 0.29) is 17.3 Å². The maximum atomic E-state index is 13.0. The predicted octanol–water partition coefficient (Wildman–Crippen LogP) is 4.25. The van der Waals surface area contributed by atoms with E-state index in [1.807, 2.05) is 42.5 Å². The molecule has 0 aliphatic heterocycles. The van der Waals surface area contributed by atoms with Gasteiger partial charge in [-0.1, -0.05) is 54.6 Å². The highest BCUT2D eigenvalue weighted by Crippen LogP contribution is 2.30. The molecule has 0 unspecified atom stereocenters. The first-order valence-electron chi connectivity index (χ1n) is 9.65. The number of rotatable bonds is 10. The Morgan fingerprint density at radius 2 is 1.71 bits per heavy atom. The van der Waals surface area contributed by atoms with Crippen LogP contribution < -0.4 is 10.5 Å². The number of benzene rings is 3. The quantitative estimate of drug-likeness (QED) is 0.241. The Balaban J connectivity index is 1.71. The zero-order valence-corrected chi connectivity index (χ0v) is 18.8. The van der Waals surface area contributed by atoms with Crippen molar-refractivity contribution in [3.8, 4) is 0 Å². The van der Waals surface area contributed by atoms with Crippen LogP contribution in [0.25, 0.3) is 0 Å². The van der Waals surface area contributed by atoms with Crippen molar-refractivity contribution in [3.05, 3.63) is 89.5 Å². The molecule has 0 radical (unpaired) electrons. The molecule has 0 atom stereocenters. The molecule has 31 heavy (non-hydrogen) atoms. The monoisotopic (exact) mass is 455 g/mol. The van der Waals surface area contributed by atoms with Crippen LogP contribution in [0.4, 0.5) is 5.69 Å². The standard InChI is InChI=1S/C23H25N3O3S2/c1-29-16-19-6-2-5-9-22(19)31(27,28)26-20-7-3-4-8-21(20)30-15-14-17-10-12-18(13-11-17)23(24)25/h2-13,26H,14-16H2,1H3,(H3,24,25). The first-order chi connectivity index (χ1) is 14.9. The topological polar surface area (TPSA) is 105 Å². The van der Waals surface area contributed by atoms with Gasteiger partial charge in [-0.25, -0.2) is 8.42 Å². The fourth-order valence-electron chi connectivity index (χ4n) is 3.05. The van der Waals surface area contributed by atoms with Crippen LogP contribution >= 0.6 is 11.8 Å². The zero-order valence-electron chi connectivity index (χ0n) is 17.2. The molecule has 0 aromatic heterocycles. The van der Waals surface area contributed by atoms with Crippen molar-refractivity contribution in [3.63, 3.8) is 0 Å². The van der Waals surface area contributed by atoms with Crippen LogP contribution in [0.15, 0.2) is 82.6 Å². The lowest BCUT2D eigenvalue weighted by atomic mass is 10.1. The maximum Gasteiger partial charge on any atom is 0.262 e. The molecule has 162 valence electrons. The van der Waals surface area contributed by atoms with Gasteiger partial charge >= 0.3 is 0 Å². The van der Waals surface area contributed by atoms with Gasteiger partial charge in [0.15, 0.2) is 0 Å². The Hall–Kier alpha value is -2.81. The zero-order chi connectivity index (χ0) is 22.3. The molecular weight excluding hydrogens is 430 g/mol. The molecule has 0 aliphatic rings. The van der Waals surface area contributed by atoms with Crippen molar-refractivity contribution in [2.24, 2.45) is 5.73 Å². The van der Waals surface area contributed by atoms with Gasteiger partial charge in [0.25, 0.3) is 10.0 Å². The van der Waals surface area contributed by atoms with Crippen LogP contribution in [0, 0.1) is 5.41 Å². The minimum Gasteiger partial charge on any atom is -0.384 e. The third-order valence-electron chi connectivity index (χ3n) is 4.61. The summed E-state index contributed by atoms with van der Waals surface area (Å²) in [5.41, 5.74) is 8.47. The van der Waals surface area contributed by atoms with Gasteiger partial charge in [0.05, 0.1) is 17.2 Å². The van der Waals surface area contributed by atoms with E-state index >= 15 is 0 Å². The van der Waals surface area contributed by atoms with Crippen LogP contribution in [0.2, 0.25) is 0 Å². The molecule has 0 bridgehead atoms. The largest absolute Gasteiger partial charge is 0.384 e. The number of para-hydroxylation sites is 1. The number of aryl methyl sites for hydroxylation is 1. The highest BCUT2D eigenvalue weighted by Gasteiger charge is 2.19. The molecule has 0 saturated carbocycles. The van der Waals surface area contributed by atoms with Crippen molar-refractivity contribution < 1.29 is 13.2 Å². The molecule has 0 spiro atoms. The molecular formula is C23H25N3O3S2. The van der Waals surface area contributed by atoms with Crippen molar-refractivity contribution in [2.45, 2.75) is 22.8 Å². The minimum atomic E-state index is -3.75. The number of ether oxygens (including phenoxy) is 1. The summed E-state index contributed by atoms with van der Waals surface area (Å²) >= 11 is 1.58. The highest BCUT2D eigenvalue weighted by atomic mass is 32.2. The smallest absolute Gasteiger partial charge is 0.262 e. The number of nitrogens with one attached hydrogen (secondary N) is 2. The van der Waals surface area contributed by atoms with Gasteiger partial charge in [-0.05, 0) is 35.7 Å². The van der Waals surface area contributed by atoms with E-state index in [9.17, 15) is 8.42 Å². The SMILES string of the molecule is COCc1ccccc1S(=O)(=O)Nc1ccccc1SCCc1ccc(C(=N)N)cc1. The lowest BCUT2D eigenvalue weighted by molar-refractivity contribution is 0.182. The van der Waals surface area contributed by atoms with Crippen LogP contribution in [-0.4, -0.2) is 27.1 Å². The molecule has 3 rings (SSSR count). The first kappa shape index (κ1) is 22.9. The second kappa shape index (κ2) is 10.5. The molecule has 4 N–H and O–H groups in total. The van der Waals surface area contributed by atoms with Crippen LogP contribution in [0.1, 0.15) is 16.7 Å². The Kier molecular flexibility index (Phi) is 7.73. The average Bonchev–Trinajstić information content (AvgIpc) is 2.75. The molecule has 0 heterocycles. The van der Waals surface area contributed by atoms with E-state index in [1.54, 1.807) is 42.1 Å². The normalized spacial score (nSPS) is 11.3. The Labute approximate surface area is 187 Å². The third kappa shape index (κ3) is 6.10. The van der Waals surface area contributed by atoms with Crippen molar-refractivity contribution in [1.29, 1.82) is 5.41 Å². The maximum absolute atomic E-state index is 13.0. The van der Waals surface area contributed by atoms with E-state index in [1.165, 1.54) is 7.11 Å². The summed E-state index contributed by atoms with van der Waals surface area (Å²) in [6.07, 6.45) is 0.806. The van der Waals surface area contributed by atoms with Gasteiger partial charge in [0, 0.05) is 23.3 Å². The fraction of sp³-hybridized carbons (Fsp3) is 0.174. The summed E-state index contributed by atoms with van der Waals surface area (Å²) in [4.78, 5) is 1.07. The second-order valence-electron chi connectivity index (χ2n) is 6.85. The Morgan fingerprint density at radius 1 is 1.03 bits per heavy atom. The third-order valence-corrected chi connectivity index (χ3v) is 7.15. The number of nitrogens with two attached hydrogens (primary N) is 1. The van der Waals surface area contributed by atoms with Gasteiger partial charge in [-0.3, -0.25) is 10.1 Å². The second-order valence-corrected chi connectivity index (χ2v) is 9.64. The number of nitrogen functional groups attached to an aromatic ring is 1. The molecule has 8 heteroatoms. The molecule has 3 aromatic carbocycles. The van der Waals surface area contributed by atoms with Crippen LogP contribution in [-0.2, 0) is 27.8 Å². The summed E-state index contributed by atoms with van der Waals surface area (Å²) in [7, 11) is -2.22. The van der Waals surface area contributed by atoms with Gasteiger partial charge in [-0.15, -0.1) is 11.8 Å². The number of methoxy groups -OCH3 is 1. The first-order valence-corrected chi connectivity index (χ1v) is 12.1. The van der Waals surface area contributed by atoms with Crippen molar-refractivity contribution in [1.82, 2.24) is 0 Å². The van der Waals surface area contributed by atoms with E-state index in [4.69, 9.17) is 15.9 Å². The Morgan fingerprint density at radius 3 is 2.42 bits per heavy atom. The highest BCUT2D eigenvalue weighted by molar-refractivity contribution is 7.99. The number of thioether (sulfide) groups is 1. The minimum absolute atomic E-state index is 0.0502. The lowest BCUT2D eigenvalue weighted by Gasteiger charge is -2.14. The van der Waals surface area contributed by atoms with Crippen molar-refractivity contribution in [2.75, 3.05) is 17.6 Å². The van der Waals surface area contributed by atoms with Gasteiger partial charge in [-0.2, -0.15) is 0 Å². The molecule has 6 nitrogen and oxygen atoms in total. The average molecular weight is 456 g/mol. The van der Waals surface area contributed by atoms with E-state index in [0.717, 1.165) is 22.6 Å². The van der Waals surface area contributed by atoms with Crippen LogP contribution in [0.3, 0.4) is 0 Å². The number of hydrogen-bond acceptors (Lipinski definition) is 5. The van der Waals surface area contributed by atoms with E-state index in [0.29, 0.717) is 16.8 Å². The van der Waals surface area contributed by atoms with Gasteiger partial charge in [0.1, 0.15) is 5.84 Å². The van der Waals surface area contributed by atoms with Crippen LogP contribution in [0.5, 0.6) is 0 Å². The summed E-state index contributed by atoms with van der Waals surface area (Å²) < 4.78 is 33.9. The van der Waals surface area contributed by atoms with Gasteiger partial charge < -0.3 is 10.5 Å². The summed E-state index contributed by atoms with van der Waals surface area (Å²) in [6.45, 7) is 0.218. The summed E-state index contributed by atoms with van der Waals surface area (Å²) in [5, 5.41) is 7.46.